The normalized spacial score (nSPS) is 10.3. The van der Waals surface area contributed by atoms with Crippen molar-refractivity contribution in [3.63, 3.8) is 0 Å². The van der Waals surface area contributed by atoms with Gasteiger partial charge >= 0.3 is 0 Å². The maximum Gasteiger partial charge on any atom is 0.257 e. The van der Waals surface area contributed by atoms with Gasteiger partial charge in [0.05, 0.1) is 23.7 Å². The molecule has 0 aliphatic rings. The third kappa shape index (κ3) is 6.21. The number of hydrogen-bond acceptors (Lipinski definition) is 5. The molecule has 0 fully saturated rings. The van der Waals surface area contributed by atoms with E-state index in [1.165, 1.54) is 16.9 Å². The number of nitrogens with zero attached hydrogens (tertiary/aromatic N) is 1. The molecule has 7 heteroatoms. The van der Waals surface area contributed by atoms with E-state index in [1.807, 2.05) is 66.9 Å². The number of carbonyl (C=O) groups is 2. The highest BCUT2D eigenvalue weighted by Gasteiger charge is 2.09. The monoisotopic (exact) mass is 394 g/mol. The van der Waals surface area contributed by atoms with E-state index >= 15 is 0 Å². The number of benzene rings is 2. The number of anilines is 1. The number of hydrogen-bond donors (Lipinski definition) is 3. The summed E-state index contributed by atoms with van der Waals surface area (Å²) in [6, 6.07) is 17.8. The van der Waals surface area contributed by atoms with Gasteiger partial charge in [-0.15, -0.1) is 11.3 Å². The van der Waals surface area contributed by atoms with Gasteiger partial charge in [0.1, 0.15) is 0 Å². The average molecular weight is 395 g/mol. The Morgan fingerprint density at radius 2 is 1.68 bits per heavy atom. The Balaban J connectivity index is 1.39. The Morgan fingerprint density at radius 1 is 0.964 bits per heavy atom. The van der Waals surface area contributed by atoms with E-state index in [0.717, 1.165) is 22.7 Å². The molecule has 3 rings (SSSR count). The quantitative estimate of drug-likeness (QED) is 0.538. The smallest absolute Gasteiger partial charge is 0.257 e. The van der Waals surface area contributed by atoms with Crippen LogP contribution in [0.1, 0.15) is 21.8 Å². The van der Waals surface area contributed by atoms with Crippen LogP contribution in [0.25, 0.3) is 0 Å². The fourth-order valence-corrected chi connectivity index (χ4v) is 3.36. The van der Waals surface area contributed by atoms with E-state index in [1.54, 1.807) is 0 Å². The Morgan fingerprint density at radius 3 is 2.43 bits per heavy atom. The topological polar surface area (TPSA) is 83.1 Å². The van der Waals surface area contributed by atoms with Crippen molar-refractivity contribution in [2.24, 2.45) is 0 Å². The summed E-state index contributed by atoms with van der Waals surface area (Å²) in [4.78, 5) is 28.3. The second-order valence-corrected chi connectivity index (χ2v) is 7.33. The lowest BCUT2D eigenvalue weighted by Crippen LogP contribution is -2.44. The SMILES string of the molecule is Cc1ccc(NCC(=O)NNC(=O)Cc2csc(Cc3ccccc3)n2)cc1. The molecule has 0 aliphatic heterocycles. The zero-order chi connectivity index (χ0) is 19.8. The molecule has 0 atom stereocenters. The van der Waals surface area contributed by atoms with Crippen LogP contribution in [0.5, 0.6) is 0 Å². The molecule has 2 aromatic carbocycles. The minimum atomic E-state index is -0.322. The molecule has 0 aliphatic carbocycles. The summed E-state index contributed by atoms with van der Waals surface area (Å²) in [5, 5.41) is 5.83. The zero-order valence-electron chi connectivity index (χ0n) is 15.6. The van der Waals surface area contributed by atoms with Crippen molar-refractivity contribution in [3.05, 3.63) is 81.8 Å². The van der Waals surface area contributed by atoms with Gasteiger partial charge in [-0.2, -0.15) is 0 Å². The van der Waals surface area contributed by atoms with Gasteiger partial charge in [-0.3, -0.25) is 20.4 Å². The molecular formula is C21H22N4O2S. The van der Waals surface area contributed by atoms with E-state index in [0.29, 0.717) is 5.69 Å². The molecule has 0 saturated heterocycles. The minimum Gasteiger partial charge on any atom is -0.376 e. The van der Waals surface area contributed by atoms with Gasteiger partial charge < -0.3 is 5.32 Å². The number of aryl methyl sites for hydroxylation is 1. The Labute approximate surface area is 168 Å². The maximum absolute atomic E-state index is 12.0. The van der Waals surface area contributed by atoms with Crippen LogP contribution in [-0.4, -0.2) is 23.3 Å². The lowest BCUT2D eigenvalue weighted by Gasteiger charge is -2.09. The van der Waals surface area contributed by atoms with Crippen LogP contribution in [0.15, 0.2) is 60.0 Å². The number of hydrazine groups is 1. The molecule has 144 valence electrons. The molecule has 28 heavy (non-hydrogen) atoms. The highest BCUT2D eigenvalue weighted by Crippen LogP contribution is 2.15. The number of aromatic nitrogens is 1. The summed E-state index contributed by atoms with van der Waals surface area (Å²) < 4.78 is 0. The summed E-state index contributed by atoms with van der Waals surface area (Å²) in [5.41, 5.74) is 8.70. The molecule has 1 heterocycles. The predicted octanol–water partition coefficient (Wildman–Crippen LogP) is 2.84. The molecule has 0 saturated carbocycles. The van der Waals surface area contributed by atoms with Crippen LogP contribution in [0.2, 0.25) is 0 Å². The Hall–Kier alpha value is -3.19. The van der Waals surface area contributed by atoms with Gasteiger partial charge in [-0.25, -0.2) is 4.98 Å². The van der Waals surface area contributed by atoms with Crippen molar-refractivity contribution in [2.75, 3.05) is 11.9 Å². The first kappa shape index (κ1) is 19.6. The van der Waals surface area contributed by atoms with Gasteiger partial charge in [-0.1, -0.05) is 48.0 Å². The number of rotatable bonds is 7. The molecule has 2 amide bonds. The highest BCUT2D eigenvalue weighted by atomic mass is 32.1. The first-order valence-electron chi connectivity index (χ1n) is 8.94. The van der Waals surface area contributed by atoms with Crippen LogP contribution >= 0.6 is 11.3 Å². The van der Waals surface area contributed by atoms with Crippen molar-refractivity contribution in [1.29, 1.82) is 0 Å². The number of amides is 2. The second-order valence-electron chi connectivity index (χ2n) is 6.39. The van der Waals surface area contributed by atoms with Crippen molar-refractivity contribution in [3.8, 4) is 0 Å². The average Bonchev–Trinajstić information content (AvgIpc) is 3.13. The predicted molar refractivity (Wildman–Crippen MR) is 111 cm³/mol. The lowest BCUT2D eigenvalue weighted by molar-refractivity contribution is -0.127. The van der Waals surface area contributed by atoms with Crippen LogP contribution in [0.3, 0.4) is 0 Å². The maximum atomic E-state index is 12.0. The van der Waals surface area contributed by atoms with Crippen LogP contribution in [0.4, 0.5) is 5.69 Å². The van der Waals surface area contributed by atoms with Crippen molar-refractivity contribution >= 4 is 28.8 Å². The number of thiazole rings is 1. The molecule has 0 radical (unpaired) electrons. The molecule has 0 bridgehead atoms. The summed E-state index contributed by atoms with van der Waals surface area (Å²) in [7, 11) is 0. The van der Waals surface area contributed by atoms with Crippen LogP contribution in [0, 0.1) is 6.92 Å². The summed E-state index contributed by atoms with van der Waals surface area (Å²) in [6.07, 6.45) is 0.867. The Kier molecular flexibility index (Phi) is 6.75. The van der Waals surface area contributed by atoms with Crippen LogP contribution < -0.4 is 16.2 Å². The van der Waals surface area contributed by atoms with Gasteiger partial charge in [0.25, 0.3) is 5.91 Å². The van der Waals surface area contributed by atoms with Crippen molar-refractivity contribution in [1.82, 2.24) is 15.8 Å². The van der Waals surface area contributed by atoms with Gasteiger partial charge in [-0.05, 0) is 24.6 Å². The third-order valence-corrected chi connectivity index (χ3v) is 4.88. The molecule has 3 N–H and O–H groups in total. The highest BCUT2D eigenvalue weighted by molar-refractivity contribution is 7.09. The molecule has 0 unspecified atom stereocenters. The summed E-state index contributed by atoms with van der Waals surface area (Å²) >= 11 is 1.53. The lowest BCUT2D eigenvalue weighted by atomic mass is 10.2. The van der Waals surface area contributed by atoms with E-state index in [-0.39, 0.29) is 24.8 Å². The number of nitrogens with one attached hydrogen (secondary N) is 3. The largest absolute Gasteiger partial charge is 0.376 e. The first-order valence-corrected chi connectivity index (χ1v) is 9.82. The van der Waals surface area contributed by atoms with Gasteiger partial charge in [0.2, 0.25) is 5.91 Å². The Bertz CT molecular complexity index is 923. The number of carbonyl (C=O) groups excluding carboxylic acids is 2. The first-order chi connectivity index (χ1) is 13.6. The third-order valence-electron chi connectivity index (χ3n) is 3.99. The zero-order valence-corrected chi connectivity index (χ0v) is 16.4. The van der Waals surface area contributed by atoms with Crippen molar-refractivity contribution < 1.29 is 9.59 Å². The molecular weight excluding hydrogens is 372 g/mol. The fourth-order valence-electron chi connectivity index (χ4n) is 2.53. The minimum absolute atomic E-state index is 0.0707. The van der Waals surface area contributed by atoms with Gasteiger partial charge in [0.15, 0.2) is 0 Å². The summed E-state index contributed by atoms with van der Waals surface area (Å²) in [6.45, 7) is 2.07. The molecule has 0 spiro atoms. The standard InChI is InChI=1S/C21H22N4O2S/c1-15-7-9-17(10-8-15)22-13-20(27)25-24-19(26)12-18-14-28-21(23-18)11-16-5-3-2-4-6-16/h2-10,14,22H,11-13H2,1H3,(H,24,26)(H,25,27). The van der Waals surface area contributed by atoms with E-state index in [9.17, 15) is 9.59 Å². The summed E-state index contributed by atoms with van der Waals surface area (Å²) in [5.74, 6) is -0.628. The van der Waals surface area contributed by atoms with Crippen molar-refractivity contribution in [2.45, 2.75) is 19.8 Å². The van der Waals surface area contributed by atoms with E-state index < -0.39 is 0 Å². The van der Waals surface area contributed by atoms with Crippen LogP contribution in [-0.2, 0) is 22.4 Å². The molecule has 6 nitrogen and oxygen atoms in total. The van der Waals surface area contributed by atoms with Gasteiger partial charge in [0, 0.05) is 17.5 Å². The molecule has 3 aromatic rings. The second kappa shape index (κ2) is 9.66. The molecule has 1 aromatic heterocycles. The fraction of sp³-hybridized carbons (Fsp3) is 0.190. The van der Waals surface area contributed by atoms with E-state index in [2.05, 4.69) is 21.2 Å². The van der Waals surface area contributed by atoms with E-state index in [4.69, 9.17) is 0 Å².